The topological polar surface area (TPSA) is 73.5 Å². The first kappa shape index (κ1) is 10.1. The van der Waals surface area contributed by atoms with Crippen LogP contribution in [0.5, 0.6) is 0 Å². The Hall–Kier alpha value is -2.89. The molecular formula is C13H10N6. The Morgan fingerprint density at radius 2 is 2.00 bits per heavy atom. The molecule has 0 atom stereocenters. The van der Waals surface area contributed by atoms with E-state index in [1.807, 2.05) is 41.2 Å². The van der Waals surface area contributed by atoms with Crippen molar-refractivity contribution in [2.24, 2.45) is 0 Å². The van der Waals surface area contributed by atoms with Crippen LogP contribution < -0.4 is 5.73 Å². The van der Waals surface area contributed by atoms with Gasteiger partial charge in [0.05, 0.1) is 11.7 Å². The highest BCUT2D eigenvalue weighted by atomic mass is 15.3. The quantitative estimate of drug-likeness (QED) is 0.557. The molecule has 0 fully saturated rings. The molecule has 19 heavy (non-hydrogen) atoms. The summed E-state index contributed by atoms with van der Waals surface area (Å²) in [5.74, 6) is 0.264. The summed E-state index contributed by atoms with van der Waals surface area (Å²) in [7, 11) is 0. The summed E-state index contributed by atoms with van der Waals surface area (Å²) in [4.78, 5) is 8.28. The third-order valence-corrected chi connectivity index (χ3v) is 3.13. The largest absolute Gasteiger partial charge is 0.367 e. The van der Waals surface area contributed by atoms with E-state index >= 15 is 0 Å². The summed E-state index contributed by atoms with van der Waals surface area (Å²) in [6.07, 6.45) is 9.34. The van der Waals surface area contributed by atoms with Gasteiger partial charge in [0.2, 0.25) is 5.95 Å². The lowest BCUT2D eigenvalue weighted by molar-refractivity contribution is 0.918. The lowest BCUT2D eigenvalue weighted by atomic mass is 10.1. The molecule has 0 radical (unpaired) electrons. The molecule has 0 aliphatic carbocycles. The zero-order chi connectivity index (χ0) is 12.8. The second-order valence-corrected chi connectivity index (χ2v) is 4.29. The smallest absolute Gasteiger partial charge is 0.238 e. The molecule has 2 N–H and O–H groups in total. The van der Waals surface area contributed by atoms with E-state index in [1.54, 1.807) is 16.9 Å². The molecule has 4 rings (SSSR count). The third kappa shape index (κ3) is 1.46. The molecule has 0 aliphatic rings. The minimum atomic E-state index is 0.264. The van der Waals surface area contributed by atoms with Crippen LogP contribution in [0.3, 0.4) is 0 Å². The Bertz CT molecular complexity index is 888. The number of nitrogens with zero attached hydrogens (tertiary/aromatic N) is 5. The monoisotopic (exact) mass is 250 g/mol. The Balaban J connectivity index is 1.97. The molecule has 4 aromatic rings. The van der Waals surface area contributed by atoms with Crippen LogP contribution in [0.15, 0.2) is 49.2 Å². The van der Waals surface area contributed by atoms with Gasteiger partial charge in [0.25, 0.3) is 0 Å². The molecule has 0 saturated carbocycles. The number of rotatable bonds is 1. The van der Waals surface area contributed by atoms with Crippen molar-refractivity contribution in [3.8, 4) is 11.1 Å². The SMILES string of the molecule is Nc1ncc2c(-c3ccc4nccn4c3)ccn2n1. The van der Waals surface area contributed by atoms with Crippen LogP contribution in [0.2, 0.25) is 0 Å². The molecule has 4 heterocycles. The van der Waals surface area contributed by atoms with Gasteiger partial charge in [-0.15, -0.1) is 5.10 Å². The maximum atomic E-state index is 5.58. The first-order valence-corrected chi connectivity index (χ1v) is 5.84. The van der Waals surface area contributed by atoms with Crippen molar-refractivity contribution in [2.45, 2.75) is 0 Å². The average molecular weight is 250 g/mol. The fourth-order valence-corrected chi connectivity index (χ4v) is 2.24. The molecule has 0 bridgehead atoms. The summed E-state index contributed by atoms with van der Waals surface area (Å²) in [6, 6.07) is 6.02. The van der Waals surface area contributed by atoms with Crippen molar-refractivity contribution < 1.29 is 0 Å². The number of anilines is 1. The molecule has 0 spiro atoms. The van der Waals surface area contributed by atoms with E-state index < -0.39 is 0 Å². The van der Waals surface area contributed by atoms with Crippen LogP contribution in [0.25, 0.3) is 22.3 Å². The number of hydrogen-bond donors (Lipinski definition) is 1. The maximum absolute atomic E-state index is 5.58. The van der Waals surface area contributed by atoms with Crippen molar-refractivity contribution in [1.82, 2.24) is 24.0 Å². The second kappa shape index (κ2) is 3.55. The van der Waals surface area contributed by atoms with Gasteiger partial charge >= 0.3 is 0 Å². The van der Waals surface area contributed by atoms with Gasteiger partial charge in [0.1, 0.15) is 5.65 Å². The Labute approximate surface area is 108 Å². The number of nitrogen functional groups attached to an aromatic ring is 1. The van der Waals surface area contributed by atoms with Crippen molar-refractivity contribution in [2.75, 3.05) is 5.73 Å². The minimum Gasteiger partial charge on any atom is -0.367 e. The van der Waals surface area contributed by atoms with Crippen LogP contribution in [0, 0.1) is 0 Å². The zero-order valence-electron chi connectivity index (χ0n) is 9.93. The van der Waals surface area contributed by atoms with Gasteiger partial charge in [0.15, 0.2) is 0 Å². The van der Waals surface area contributed by atoms with Gasteiger partial charge in [0, 0.05) is 35.9 Å². The Kier molecular flexibility index (Phi) is 1.88. The normalized spacial score (nSPS) is 11.4. The third-order valence-electron chi connectivity index (χ3n) is 3.13. The predicted molar refractivity (Wildman–Crippen MR) is 71.6 cm³/mol. The zero-order valence-corrected chi connectivity index (χ0v) is 9.93. The van der Waals surface area contributed by atoms with E-state index in [9.17, 15) is 0 Å². The molecule has 0 saturated heterocycles. The van der Waals surface area contributed by atoms with E-state index in [4.69, 9.17) is 5.73 Å². The highest BCUT2D eigenvalue weighted by Gasteiger charge is 2.07. The van der Waals surface area contributed by atoms with Crippen LogP contribution in [-0.2, 0) is 0 Å². The van der Waals surface area contributed by atoms with Crippen LogP contribution in [0.1, 0.15) is 0 Å². The summed E-state index contributed by atoms with van der Waals surface area (Å²) in [6.45, 7) is 0. The lowest BCUT2D eigenvalue weighted by Crippen LogP contribution is -1.99. The lowest BCUT2D eigenvalue weighted by Gasteiger charge is -2.02. The van der Waals surface area contributed by atoms with Gasteiger partial charge in [-0.2, -0.15) is 0 Å². The van der Waals surface area contributed by atoms with Crippen LogP contribution in [-0.4, -0.2) is 24.0 Å². The Morgan fingerprint density at radius 3 is 2.95 bits per heavy atom. The fourth-order valence-electron chi connectivity index (χ4n) is 2.24. The van der Waals surface area contributed by atoms with Gasteiger partial charge in [-0.25, -0.2) is 14.5 Å². The summed E-state index contributed by atoms with van der Waals surface area (Å²) in [5, 5.41) is 4.14. The molecule has 0 unspecified atom stereocenters. The molecule has 6 heteroatoms. The van der Waals surface area contributed by atoms with E-state index in [0.29, 0.717) is 0 Å². The highest BCUT2D eigenvalue weighted by Crippen LogP contribution is 2.25. The molecule has 4 aromatic heterocycles. The first-order chi connectivity index (χ1) is 9.31. The molecule has 6 nitrogen and oxygen atoms in total. The van der Waals surface area contributed by atoms with Gasteiger partial charge in [-0.1, -0.05) is 0 Å². The van der Waals surface area contributed by atoms with Gasteiger partial charge in [-0.05, 0) is 18.2 Å². The molecule has 0 amide bonds. The average Bonchev–Trinajstić information content (AvgIpc) is 3.02. The Morgan fingerprint density at radius 1 is 1.05 bits per heavy atom. The van der Waals surface area contributed by atoms with Crippen molar-refractivity contribution in [3.63, 3.8) is 0 Å². The minimum absolute atomic E-state index is 0.264. The molecule has 92 valence electrons. The number of aromatic nitrogens is 5. The number of imidazole rings is 1. The van der Waals surface area contributed by atoms with Crippen molar-refractivity contribution in [1.29, 1.82) is 0 Å². The maximum Gasteiger partial charge on any atom is 0.238 e. The highest BCUT2D eigenvalue weighted by molar-refractivity contribution is 5.80. The second-order valence-electron chi connectivity index (χ2n) is 4.29. The van der Waals surface area contributed by atoms with E-state index in [1.165, 1.54) is 0 Å². The summed E-state index contributed by atoms with van der Waals surface area (Å²) >= 11 is 0. The van der Waals surface area contributed by atoms with Crippen LogP contribution in [0.4, 0.5) is 5.95 Å². The summed E-state index contributed by atoms with van der Waals surface area (Å²) < 4.78 is 3.72. The molecular weight excluding hydrogens is 240 g/mol. The van der Waals surface area contributed by atoms with E-state index in [-0.39, 0.29) is 5.95 Å². The van der Waals surface area contributed by atoms with Gasteiger partial charge in [-0.3, -0.25) is 0 Å². The molecule has 0 aromatic carbocycles. The van der Waals surface area contributed by atoms with E-state index in [0.717, 1.165) is 22.3 Å². The fraction of sp³-hybridized carbons (Fsp3) is 0. The number of nitrogens with two attached hydrogens (primary N) is 1. The first-order valence-electron chi connectivity index (χ1n) is 5.84. The van der Waals surface area contributed by atoms with Crippen LogP contribution >= 0.6 is 0 Å². The molecule has 0 aliphatic heterocycles. The standard InChI is InChI=1S/C13H10N6/c14-13-16-7-11-10(3-5-19(11)17-13)9-1-2-12-15-4-6-18(12)8-9/h1-8H,(H2,14,17). The predicted octanol–water partition coefficient (Wildman–Crippen LogP) is 1.63. The summed E-state index contributed by atoms with van der Waals surface area (Å²) in [5.41, 5.74) is 9.58. The van der Waals surface area contributed by atoms with Gasteiger partial charge < -0.3 is 10.1 Å². The van der Waals surface area contributed by atoms with Crippen molar-refractivity contribution in [3.05, 3.63) is 49.2 Å². The number of pyridine rings is 1. The van der Waals surface area contributed by atoms with E-state index in [2.05, 4.69) is 15.1 Å². The number of fused-ring (bicyclic) bond motifs is 2. The van der Waals surface area contributed by atoms with Crippen molar-refractivity contribution >= 4 is 17.1 Å². The number of hydrogen-bond acceptors (Lipinski definition) is 4.